The molecule has 8 unspecified atom stereocenters. The number of carbonyl (C=O) groups is 1. The van der Waals surface area contributed by atoms with Gasteiger partial charge in [-0.3, -0.25) is 13.8 Å². The first-order valence-electron chi connectivity index (χ1n) is 25.0. The van der Waals surface area contributed by atoms with E-state index in [2.05, 4.69) is 43.5 Å². The maximum Gasteiger partial charge on any atom is 0.472 e. The van der Waals surface area contributed by atoms with Gasteiger partial charge in [0.2, 0.25) is 5.91 Å². The third-order valence-electron chi connectivity index (χ3n) is 12.0. The quantitative estimate of drug-likeness (QED) is 0.0159. The molecule has 8 atom stereocenters. The second-order valence-corrected chi connectivity index (χ2v) is 19.2. The highest BCUT2D eigenvalue weighted by Gasteiger charge is 2.51. The van der Waals surface area contributed by atoms with Gasteiger partial charge in [0.25, 0.3) is 0 Å². The first-order chi connectivity index (χ1) is 30.3. The Hall–Kier alpha value is -1.48. The minimum atomic E-state index is -5.15. The predicted octanol–water partition coefficient (Wildman–Crippen LogP) is 8.92. The number of unbranched alkanes of at least 4 members (excludes halogenated alkanes) is 24. The van der Waals surface area contributed by atoms with E-state index in [0.717, 1.165) is 44.9 Å². The van der Waals surface area contributed by atoms with E-state index < -0.39 is 75.2 Å². The number of hydrogen-bond donors (Lipinski definition) is 9. The molecule has 1 fully saturated rings. The van der Waals surface area contributed by atoms with Gasteiger partial charge in [-0.2, -0.15) is 0 Å². The van der Waals surface area contributed by atoms with Crippen LogP contribution in [-0.2, 0) is 18.4 Å². The molecule has 1 amide bonds. The van der Waals surface area contributed by atoms with Crippen molar-refractivity contribution >= 4 is 13.7 Å². The van der Waals surface area contributed by atoms with E-state index in [0.29, 0.717) is 19.3 Å². The number of rotatable bonds is 41. The minimum Gasteiger partial charge on any atom is -0.393 e. The van der Waals surface area contributed by atoms with Crippen LogP contribution < -0.4 is 5.32 Å². The third kappa shape index (κ3) is 30.4. The lowest BCUT2D eigenvalue weighted by atomic mass is 9.85. The number of aliphatic hydroxyl groups is 7. The van der Waals surface area contributed by atoms with E-state index >= 15 is 0 Å². The van der Waals surface area contributed by atoms with E-state index in [1.165, 1.54) is 128 Å². The Kier molecular flexibility index (Phi) is 36.5. The topological polar surface area (TPSA) is 226 Å². The van der Waals surface area contributed by atoms with Crippen LogP contribution in [0.4, 0.5) is 0 Å². The molecule has 1 rings (SSSR count). The summed E-state index contributed by atoms with van der Waals surface area (Å²) in [6.07, 6.45) is 30.9. The molecule has 0 saturated heterocycles. The number of nitrogens with one attached hydrogen (secondary N) is 1. The first kappa shape index (κ1) is 59.5. The van der Waals surface area contributed by atoms with Crippen LogP contribution in [0, 0.1) is 0 Å². The van der Waals surface area contributed by atoms with Crippen LogP contribution in [0.5, 0.6) is 0 Å². The highest BCUT2D eigenvalue weighted by atomic mass is 31.2. The second-order valence-electron chi connectivity index (χ2n) is 17.8. The summed E-state index contributed by atoms with van der Waals surface area (Å²) >= 11 is 0. The Bertz CT molecular complexity index is 1220. The largest absolute Gasteiger partial charge is 0.472 e. The van der Waals surface area contributed by atoms with Crippen LogP contribution in [0.1, 0.15) is 206 Å². The van der Waals surface area contributed by atoms with Crippen LogP contribution in [0.2, 0.25) is 0 Å². The van der Waals surface area contributed by atoms with E-state index in [1.54, 1.807) is 6.08 Å². The lowest BCUT2D eigenvalue weighted by molar-refractivity contribution is -0.220. The van der Waals surface area contributed by atoms with Gasteiger partial charge in [-0.05, 0) is 44.9 Å². The minimum absolute atomic E-state index is 0.253. The summed E-state index contributed by atoms with van der Waals surface area (Å²) in [7, 11) is -5.15. The van der Waals surface area contributed by atoms with Crippen molar-refractivity contribution in [2.75, 3.05) is 6.61 Å². The zero-order valence-corrected chi connectivity index (χ0v) is 40.1. The lowest BCUT2D eigenvalue weighted by Gasteiger charge is -2.41. The Balaban J connectivity index is 2.55. The molecule has 0 radical (unpaired) electrons. The number of allylic oxidation sites excluding steroid dienone is 5. The van der Waals surface area contributed by atoms with Crippen molar-refractivity contribution in [3.8, 4) is 0 Å². The van der Waals surface area contributed by atoms with Crippen LogP contribution in [0.15, 0.2) is 36.5 Å². The summed E-state index contributed by atoms with van der Waals surface area (Å²) in [6, 6.07) is -1.26. The van der Waals surface area contributed by atoms with Crippen molar-refractivity contribution < 1.29 is 59.0 Å². The number of phosphoric ester groups is 1. The molecule has 0 aliphatic heterocycles. The molecule has 0 aromatic rings. The summed E-state index contributed by atoms with van der Waals surface area (Å²) in [5, 5.41) is 74.5. The molecule has 0 aromatic carbocycles. The van der Waals surface area contributed by atoms with E-state index in [9.17, 15) is 50.0 Å². The Morgan fingerprint density at radius 3 is 1.40 bits per heavy atom. The van der Waals surface area contributed by atoms with Gasteiger partial charge in [0.05, 0.1) is 31.3 Å². The van der Waals surface area contributed by atoms with Gasteiger partial charge in [0.15, 0.2) is 0 Å². The van der Waals surface area contributed by atoms with Gasteiger partial charge in [0, 0.05) is 0 Å². The van der Waals surface area contributed by atoms with Gasteiger partial charge in [-0.15, -0.1) is 0 Å². The number of phosphoric acid groups is 1. The average Bonchev–Trinajstić information content (AvgIpc) is 3.26. The lowest BCUT2D eigenvalue weighted by Crippen LogP contribution is -2.64. The van der Waals surface area contributed by atoms with Crippen molar-refractivity contribution in [3.63, 3.8) is 0 Å². The standard InChI is InChI=1S/C49H92NO12P/c1-3-5-7-9-11-13-15-17-19-21-23-25-27-29-31-33-35-37-42(52)41(39-61-63(59,60)62-49-47(57)45(55)44(54)46(56)48(49)58)50-43(53)38-40(51)36-34-32-30-28-26-24-22-20-18-16-14-12-10-8-6-4-2/h19,21,27,29,35,37,40-42,44-49,51-52,54-58H,3-18,20,22-26,28,30-34,36,38-39H2,1-2H3,(H,50,53)(H,59,60)/b21-19+,29-27+,37-35+. The van der Waals surface area contributed by atoms with Crippen LogP contribution in [-0.4, -0.2) is 108 Å². The van der Waals surface area contributed by atoms with Gasteiger partial charge < -0.3 is 46.0 Å². The normalized spacial score (nSPS) is 23.1. The smallest absolute Gasteiger partial charge is 0.393 e. The van der Waals surface area contributed by atoms with Crippen molar-refractivity contribution in [1.29, 1.82) is 0 Å². The fourth-order valence-electron chi connectivity index (χ4n) is 7.86. The summed E-state index contributed by atoms with van der Waals surface area (Å²) in [4.78, 5) is 23.5. The summed E-state index contributed by atoms with van der Waals surface area (Å²) in [5.74, 6) is -0.605. The monoisotopic (exact) mass is 918 g/mol. The maximum absolute atomic E-state index is 13.0. The van der Waals surface area contributed by atoms with Crippen LogP contribution >= 0.6 is 7.82 Å². The van der Waals surface area contributed by atoms with Crippen molar-refractivity contribution in [2.45, 2.75) is 261 Å². The summed E-state index contributed by atoms with van der Waals surface area (Å²) in [5.41, 5.74) is 0. The zero-order valence-electron chi connectivity index (χ0n) is 39.2. The summed E-state index contributed by atoms with van der Waals surface area (Å²) < 4.78 is 22.9. The molecular formula is C49H92NO12P. The molecule has 13 nitrogen and oxygen atoms in total. The fraction of sp³-hybridized carbons (Fsp3) is 0.857. The third-order valence-corrected chi connectivity index (χ3v) is 12.9. The molecule has 0 spiro atoms. The molecule has 0 aromatic heterocycles. The van der Waals surface area contributed by atoms with Gasteiger partial charge in [0.1, 0.15) is 36.6 Å². The fourth-order valence-corrected chi connectivity index (χ4v) is 8.83. The Labute approximate surface area is 381 Å². The maximum atomic E-state index is 13.0. The summed E-state index contributed by atoms with van der Waals surface area (Å²) in [6.45, 7) is 3.73. The van der Waals surface area contributed by atoms with Crippen LogP contribution in [0.3, 0.4) is 0 Å². The number of amides is 1. The van der Waals surface area contributed by atoms with Crippen molar-refractivity contribution in [3.05, 3.63) is 36.5 Å². The Morgan fingerprint density at radius 1 is 0.556 bits per heavy atom. The molecule has 14 heteroatoms. The van der Waals surface area contributed by atoms with Crippen molar-refractivity contribution in [2.24, 2.45) is 0 Å². The van der Waals surface area contributed by atoms with E-state index in [-0.39, 0.29) is 6.42 Å². The van der Waals surface area contributed by atoms with E-state index in [4.69, 9.17) is 9.05 Å². The molecule has 0 bridgehead atoms. The highest BCUT2D eigenvalue weighted by Crippen LogP contribution is 2.47. The van der Waals surface area contributed by atoms with Crippen molar-refractivity contribution in [1.82, 2.24) is 5.32 Å². The second kappa shape index (κ2) is 38.6. The molecule has 9 N–H and O–H groups in total. The molecule has 1 aliphatic carbocycles. The molecular weight excluding hydrogens is 826 g/mol. The predicted molar refractivity (Wildman–Crippen MR) is 252 cm³/mol. The molecule has 1 aliphatic rings. The number of aliphatic hydroxyl groups excluding tert-OH is 7. The molecule has 370 valence electrons. The molecule has 63 heavy (non-hydrogen) atoms. The number of hydrogen-bond acceptors (Lipinski definition) is 11. The van der Waals surface area contributed by atoms with Gasteiger partial charge in [-0.1, -0.05) is 192 Å². The molecule has 0 heterocycles. The van der Waals surface area contributed by atoms with Gasteiger partial charge >= 0.3 is 7.82 Å². The van der Waals surface area contributed by atoms with Gasteiger partial charge in [-0.25, -0.2) is 4.57 Å². The first-order valence-corrected chi connectivity index (χ1v) is 26.5. The molecule has 1 saturated carbocycles. The highest BCUT2D eigenvalue weighted by molar-refractivity contribution is 7.47. The number of carbonyl (C=O) groups excluding carboxylic acids is 1. The Morgan fingerprint density at radius 2 is 0.937 bits per heavy atom. The van der Waals surface area contributed by atoms with E-state index in [1.807, 2.05) is 0 Å². The van der Waals surface area contributed by atoms with Crippen LogP contribution in [0.25, 0.3) is 0 Å². The SMILES string of the molecule is CCCCCCCCC/C=C/CC/C=C/CC/C=C/C(O)C(COP(=O)(O)OC1C(O)C(O)C(O)C(O)C1O)NC(=O)CC(O)CCCCCCCCCCCCCCCCCC. The average molecular weight is 918 g/mol. The zero-order chi connectivity index (χ0) is 46.6.